The lowest BCUT2D eigenvalue weighted by molar-refractivity contribution is 0.0137. The highest BCUT2D eigenvalue weighted by atomic mass is 16.6. The first kappa shape index (κ1) is 14.7. The number of pyridine rings is 2. The van der Waals surface area contributed by atoms with E-state index >= 15 is 0 Å². The van der Waals surface area contributed by atoms with Gasteiger partial charge in [0, 0.05) is 18.9 Å². The van der Waals surface area contributed by atoms with Crippen molar-refractivity contribution in [3.05, 3.63) is 47.9 Å². The molecule has 5 rings (SSSR count). The standard InChI is InChI=1S/C19H19N3O3/c23-18(15-3-4-16-17(21-15)25-11-10-24-16)22-9-6-13-5-7-19(13,22)14-2-1-8-20-12-14/h1-4,8,12-13H,5-7,9-11H2/t13-,19-/m0/s1. The number of nitrogens with zero attached hydrogens (tertiary/aromatic N) is 3. The highest BCUT2D eigenvalue weighted by Gasteiger charge is 2.57. The molecule has 0 N–H and O–H groups in total. The van der Waals surface area contributed by atoms with Gasteiger partial charge in [0.2, 0.25) is 0 Å². The summed E-state index contributed by atoms with van der Waals surface area (Å²) < 4.78 is 11.0. The first-order valence-electron chi connectivity index (χ1n) is 8.78. The zero-order valence-electron chi connectivity index (χ0n) is 13.9. The second kappa shape index (κ2) is 5.44. The summed E-state index contributed by atoms with van der Waals surface area (Å²) in [6, 6.07) is 7.54. The fourth-order valence-corrected chi connectivity index (χ4v) is 4.47. The molecule has 3 aliphatic rings. The predicted molar refractivity (Wildman–Crippen MR) is 89.5 cm³/mol. The van der Waals surface area contributed by atoms with Gasteiger partial charge >= 0.3 is 0 Å². The van der Waals surface area contributed by atoms with Crippen LogP contribution in [-0.2, 0) is 5.54 Å². The monoisotopic (exact) mass is 337 g/mol. The largest absolute Gasteiger partial charge is 0.484 e. The lowest BCUT2D eigenvalue weighted by atomic mass is 9.64. The number of carbonyl (C=O) groups is 1. The van der Waals surface area contributed by atoms with Crippen molar-refractivity contribution in [1.82, 2.24) is 14.9 Å². The molecule has 2 aliphatic heterocycles. The highest BCUT2D eigenvalue weighted by molar-refractivity contribution is 5.93. The van der Waals surface area contributed by atoms with E-state index in [1.807, 2.05) is 17.2 Å². The number of rotatable bonds is 2. The van der Waals surface area contributed by atoms with Gasteiger partial charge in [-0.05, 0) is 48.9 Å². The average molecular weight is 337 g/mol. The molecule has 2 atom stereocenters. The summed E-state index contributed by atoms with van der Waals surface area (Å²) in [4.78, 5) is 23.9. The van der Waals surface area contributed by atoms with Crippen LogP contribution in [0.15, 0.2) is 36.7 Å². The summed E-state index contributed by atoms with van der Waals surface area (Å²) >= 11 is 0. The second-order valence-corrected chi connectivity index (χ2v) is 6.84. The van der Waals surface area contributed by atoms with E-state index in [1.54, 1.807) is 18.3 Å². The Morgan fingerprint density at radius 3 is 2.92 bits per heavy atom. The van der Waals surface area contributed by atoms with Gasteiger partial charge in [-0.25, -0.2) is 4.98 Å². The molecular formula is C19H19N3O3. The maximum Gasteiger partial charge on any atom is 0.273 e. The van der Waals surface area contributed by atoms with Crippen LogP contribution in [0.25, 0.3) is 0 Å². The number of carbonyl (C=O) groups excluding carboxylic acids is 1. The van der Waals surface area contributed by atoms with Gasteiger partial charge < -0.3 is 14.4 Å². The van der Waals surface area contributed by atoms with Gasteiger partial charge in [0.15, 0.2) is 5.75 Å². The van der Waals surface area contributed by atoms with Crippen molar-refractivity contribution in [2.24, 2.45) is 5.92 Å². The molecule has 128 valence electrons. The van der Waals surface area contributed by atoms with E-state index in [-0.39, 0.29) is 11.4 Å². The number of hydrogen-bond acceptors (Lipinski definition) is 5. The molecule has 25 heavy (non-hydrogen) atoms. The zero-order valence-corrected chi connectivity index (χ0v) is 13.9. The number of fused-ring (bicyclic) bond motifs is 2. The first-order valence-corrected chi connectivity index (χ1v) is 8.78. The number of hydrogen-bond donors (Lipinski definition) is 0. The van der Waals surface area contributed by atoms with Gasteiger partial charge in [-0.15, -0.1) is 0 Å². The second-order valence-electron chi connectivity index (χ2n) is 6.84. The van der Waals surface area contributed by atoms with Crippen LogP contribution in [0, 0.1) is 5.92 Å². The molecule has 0 radical (unpaired) electrons. The summed E-state index contributed by atoms with van der Waals surface area (Å²) in [5.41, 5.74) is 1.33. The molecule has 0 aromatic carbocycles. The molecule has 0 spiro atoms. The average Bonchev–Trinajstić information content (AvgIpc) is 2.92. The summed E-state index contributed by atoms with van der Waals surface area (Å²) in [7, 11) is 0. The van der Waals surface area contributed by atoms with Gasteiger partial charge in [-0.2, -0.15) is 0 Å². The Morgan fingerprint density at radius 1 is 1.20 bits per heavy atom. The van der Waals surface area contributed by atoms with Gasteiger partial charge in [0.05, 0.1) is 5.54 Å². The molecule has 1 saturated carbocycles. The summed E-state index contributed by atoms with van der Waals surface area (Å²) in [5.74, 6) is 1.49. The summed E-state index contributed by atoms with van der Waals surface area (Å²) in [6.45, 7) is 1.73. The van der Waals surface area contributed by atoms with Crippen LogP contribution >= 0.6 is 0 Å². The molecule has 1 saturated heterocycles. The molecule has 0 unspecified atom stereocenters. The van der Waals surface area contributed by atoms with Crippen LogP contribution in [0.4, 0.5) is 0 Å². The van der Waals surface area contributed by atoms with Crippen LogP contribution in [0.3, 0.4) is 0 Å². The Labute approximate surface area is 145 Å². The summed E-state index contributed by atoms with van der Waals surface area (Å²) in [5, 5.41) is 0. The van der Waals surface area contributed by atoms with Crippen molar-refractivity contribution in [2.45, 2.75) is 24.8 Å². The van der Waals surface area contributed by atoms with Crippen molar-refractivity contribution >= 4 is 5.91 Å². The van der Waals surface area contributed by atoms with Crippen molar-refractivity contribution < 1.29 is 14.3 Å². The van der Waals surface area contributed by atoms with Gasteiger partial charge in [0.25, 0.3) is 11.8 Å². The molecule has 1 amide bonds. The van der Waals surface area contributed by atoms with Gasteiger partial charge in [0.1, 0.15) is 18.9 Å². The molecule has 2 aromatic rings. The van der Waals surface area contributed by atoms with E-state index in [0.717, 1.165) is 31.4 Å². The van der Waals surface area contributed by atoms with Crippen molar-refractivity contribution in [3.63, 3.8) is 0 Å². The zero-order chi connectivity index (χ0) is 16.9. The van der Waals surface area contributed by atoms with Crippen LogP contribution in [0.1, 0.15) is 35.3 Å². The van der Waals surface area contributed by atoms with Gasteiger partial charge in [-0.3, -0.25) is 9.78 Å². The number of aromatic nitrogens is 2. The Balaban J connectivity index is 1.51. The molecule has 1 aliphatic carbocycles. The van der Waals surface area contributed by atoms with Crippen LogP contribution in [0.5, 0.6) is 11.6 Å². The summed E-state index contributed by atoms with van der Waals surface area (Å²) in [6.07, 6.45) is 6.85. The third-order valence-electron chi connectivity index (χ3n) is 5.76. The Morgan fingerprint density at radius 2 is 2.12 bits per heavy atom. The van der Waals surface area contributed by atoms with E-state index in [9.17, 15) is 4.79 Å². The first-order chi connectivity index (χ1) is 12.3. The third kappa shape index (κ3) is 2.06. The molecule has 6 nitrogen and oxygen atoms in total. The minimum atomic E-state index is -0.222. The lowest BCUT2D eigenvalue weighted by Crippen LogP contribution is -2.53. The Hall–Kier alpha value is -2.63. The Kier molecular flexibility index (Phi) is 3.20. The maximum absolute atomic E-state index is 13.2. The minimum Gasteiger partial charge on any atom is -0.484 e. The minimum absolute atomic E-state index is 0.0389. The predicted octanol–water partition coefficient (Wildman–Crippen LogP) is 2.40. The Bertz CT molecular complexity index is 826. The molecular weight excluding hydrogens is 318 g/mol. The topological polar surface area (TPSA) is 64.6 Å². The van der Waals surface area contributed by atoms with Crippen molar-refractivity contribution in [2.75, 3.05) is 19.8 Å². The molecule has 4 heterocycles. The van der Waals surface area contributed by atoms with E-state index in [4.69, 9.17) is 9.47 Å². The van der Waals surface area contributed by atoms with Crippen LogP contribution in [0.2, 0.25) is 0 Å². The number of amides is 1. The quantitative estimate of drug-likeness (QED) is 0.842. The van der Waals surface area contributed by atoms with E-state index < -0.39 is 0 Å². The maximum atomic E-state index is 13.2. The molecule has 2 fully saturated rings. The smallest absolute Gasteiger partial charge is 0.273 e. The fourth-order valence-electron chi connectivity index (χ4n) is 4.47. The van der Waals surface area contributed by atoms with E-state index in [2.05, 4.69) is 16.0 Å². The van der Waals surface area contributed by atoms with E-state index in [0.29, 0.717) is 36.5 Å². The molecule has 0 bridgehead atoms. The van der Waals surface area contributed by atoms with Crippen LogP contribution < -0.4 is 9.47 Å². The van der Waals surface area contributed by atoms with Crippen molar-refractivity contribution in [3.8, 4) is 11.6 Å². The number of likely N-dealkylation sites (tertiary alicyclic amines) is 1. The third-order valence-corrected chi connectivity index (χ3v) is 5.76. The van der Waals surface area contributed by atoms with E-state index in [1.165, 1.54) is 0 Å². The fraction of sp³-hybridized carbons (Fsp3) is 0.421. The van der Waals surface area contributed by atoms with Crippen LogP contribution in [-0.4, -0.2) is 40.5 Å². The van der Waals surface area contributed by atoms with Gasteiger partial charge in [-0.1, -0.05) is 6.07 Å². The SMILES string of the molecule is O=C(c1ccc2c(n1)OCCO2)N1CC[C@@H]2CC[C@@]21c1cccnc1. The normalized spacial score (nSPS) is 26.7. The molecule has 2 aromatic heterocycles. The number of ether oxygens (including phenoxy) is 2. The van der Waals surface area contributed by atoms with Crippen molar-refractivity contribution in [1.29, 1.82) is 0 Å². The molecule has 6 heteroatoms. The lowest BCUT2D eigenvalue weighted by Gasteiger charge is -2.50. The highest BCUT2D eigenvalue weighted by Crippen LogP contribution is 2.57.